The summed E-state index contributed by atoms with van der Waals surface area (Å²) in [5.41, 5.74) is -8.60. The van der Waals surface area contributed by atoms with Crippen molar-refractivity contribution >= 4 is 27.7 Å². The van der Waals surface area contributed by atoms with E-state index in [0.29, 0.717) is 24.3 Å². The number of ether oxygens (including phenoxy) is 1. The zero-order chi connectivity index (χ0) is 23.8. The predicted molar refractivity (Wildman–Crippen MR) is 92.6 cm³/mol. The molecule has 2 rings (SSSR count). The number of methoxy groups -OCH3 is 1. The van der Waals surface area contributed by atoms with Gasteiger partial charge in [-0.15, -0.1) is 0 Å². The first-order valence-electron chi connectivity index (χ1n) is 7.84. The van der Waals surface area contributed by atoms with Crippen LogP contribution in [0.1, 0.15) is 27.0 Å². The SMILES string of the molecule is COC(=O)c1cc(Cl)c(C(F)(F)F)cc1Cc1ccc(F)cc1OS(=O)(=O)C(F)(F)F. The molecule has 0 fully saturated rings. The normalized spacial score (nSPS) is 12.5. The maximum Gasteiger partial charge on any atom is 0.534 e. The fourth-order valence-electron chi connectivity index (χ4n) is 2.40. The van der Waals surface area contributed by atoms with Crippen molar-refractivity contribution in [1.29, 1.82) is 0 Å². The van der Waals surface area contributed by atoms with Crippen LogP contribution in [-0.4, -0.2) is 27.0 Å². The van der Waals surface area contributed by atoms with E-state index in [2.05, 4.69) is 8.92 Å². The molecule has 170 valence electrons. The zero-order valence-corrected chi connectivity index (χ0v) is 16.6. The monoisotopic (exact) mass is 494 g/mol. The lowest BCUT2D eigenvalue weighted by Gasteiger charge is -2.16. The summed E-state index contributed by atoms with van der Waals surface area (Å²) < 4.78 is 122. The fourth-order valence-corrected chi connectivity index (χ4v) is 3.16. The molecular formula is C17H10ClF7O5S. The highest BCUT2D eigenvalue weighted by Crippen LogP contribution is 2.38. The van der Waals surface area contributed by atoms with Crippen molar-refractivity contribution < 1.29 is 52.9 Å². The lowest BCUT2D eigenvalue weighted by molar-refractivity contribution is -0.137. The van der Waals surface area contributed by atoms with Crippen molar-refractivity contribution in [3.8, 4) is 5.75 Å². The minimum absolute atomic E-state index is 0.303. The molecule has 5 nitrogen and oxygen atoms in total. The predicted octanol–water partition coefficient (Wildman–Crippen LogP) is 5.10. The third-order valence-electron chi connectivity index (χ3n) is 3.80. The van der Waals surface area contributed by atoms with Gasteiger partial charge < -0.3 is 8.92 Å². The molecule has 0 saturated heterocycles. The number of rotatable bonds is 5. The van der Waals surface area contributed by atoms with Gasteiger partial charge in [0, 0.05) is 18.1 Å². The first-order valence-corrected chi connectivity index (χ1v) is 9.62. The van der Waals surface area contributed by atoms with Crippen LogP contribution in [0.15, 0.2) is 30.3 Å². The van der Waals surface area contributed by atoms with E-state index in [4.69, 9.17) is 11.6 Å². The van der Waals surface area contributed by atoms with Gasteiger partial charge in [-0.25, -0.2) is 9.18 Å². The first-order chi connectivity index (χ1) is 14.1. The smallest absolute Gasteiger partial charge is 0.465 e. The molecule has 0 spiro atoms. The van der Waals surface area contributed by atoms with Crippen LogP contribution < -0.4 is 4.18 Å². The van der Waals surface area contributed by atoms with Crippen LogP contribution in [0.5, 0.6) is 5.75 Å². The van der Waals surface area contributed by atoms with Gasteiger partial charge in [0.15, 0.2) is 0 Å². The van der Waals surface area contributed by atoms with E-state index < -0.39 is 73.0 Å². The van der Waals surface area contributed by atoms with Crippen molar-refractivity contribution in [2.24, 2.45) is 0 Å². The van der Waals surface area contributed by atoms with Gasteiger partial charge in [0.05, 0.1) is 23.3 Å². The number of hydrogen-bond donors (Lipinski definition) is 0. The quantitative estimate of drug-likeness (QED) is 0.250. The molecular weight excluding hydrogens is 485 g/mol. The van der Waals surface area contributed by atoms with Crippen LogP contribution in [0.25, 0.3) is 0 Å². The van der Waals surface area contributed by atoms with Crippen LogP contribution in [0.4, 0.5) is 30.7 Å². The Balaban J connectivity index is 2.64. The molecule has 0 amide bonds. The topological polar surface area (TPSA) is 69.7 Å². The molecule has 0 aliphatic heterocycles. The molecule has 14 heteroatoms. The second kappa shape index (κ2) is 8.54. The van der Waals surface area contributed by atoms with E-state index in [1.165, 1.54) is 0 Å². The van der Waals surface area contributed by atoms with Gasteiger partial charge in [0.25, 0.3) is 0 Å². The number of carbonyl (C=O) groups excluding carboxylic acids is 1. The van der Waals surface area contributed by atoms with Gasteiger partial charge in [-0.3, -0.25) is 0 Å². The van der Waals surface area contributed by atoms with Crippen LogP contribution >= 0.6 is 11.6 Å². The number of halogens is 8. The summed E-state index contributed by atoms with van der Waals surface area (Å²) in [5.74, 6) is -3.44. The Bertz CT molecular complexity index is 1110. The van der Waals surface area contributed by atoms with Crippen LogP contribution in [0.3, 0.4) is 0 Å². The summed E-state index contributed by atoms with van der Waals surface area (Å²) in [7, 11) is -5.29. The molecule has 0 unspecified atom stereocenters. The minimum atomic E-state index is -6.21. The van der Waals surface area contributed by atoms with Crippen LogP contribution in [0.2, 0.25) is 5.02 Å². The number of benzene rings is 2. The third-order valence-corrected chi connectivity index (χ3v) is 5.08. The van der Waals surface area contributed by atoms with E-state index in [1.54, 1.807) is 0 Å². The summed E-state index contributed by atoms with van der Waals surface area (Å²) in [5, 5.41) is -0.855. The Hall–Kier alpha value is -2.54. The largest absolute Gasteiger partial charge is 0.534 e. The van der Waals surface area contributed by atoms with Gasteiger partial charge in [-0.1, -0.05) is 17.7 Å². The fraction of sp³-hybridized carbons (Fsp3) is 0.235. The number of hydrogen-bond acceptors (Lipinski definition) is 5. The minimum Gasteiger partial charge on any atom is -0.465 e. The molecule has 0 N–H and O–H groups in total. The Kier molecular flexibility index (Phi) is 6.81. The Labute approximate surface area is 175 Å². The summed E-state index contributed by atoms with van der Waals surface area (Å²) in [6.45, 7) is 0. The van der Waals surface area contributed by atoms with Gasteiger partial charge >= 0.3 is 27.8 Å². The average molecular weight is 495 g/mol. The Morgan fingerprint density at radius 2 is 1.65 bits per heavy atom. The second-order valence-electron chi connectivity index (χ2n) is 5.89. The molecule has 0 aromatic heterocycles. The van der Waals surface area contributed by atoms with Crippen molar-refractivity contribution in [3.63, 3.8) is 0 Å². The molecule has 0 saturated carbocycles. The lowest BCUT2D eigenvalue weighted by Crippen LogP contribution is -2.28. The first kappa shape index (κ1) is 24.7. The number of esters is 1. The van der Waals surface area contributed by atoms with E-state index in [0.717, 1.165) is 13.2 Å². The van der Waals surface area contributed by atoms with Gasteiger partial charge in [0.2, 0.25) is 0 Å². The molecule has 0 heterocycles. The number of carbonyl (C=O) groups is 1. The lowest BCUT2D eigenvalue weighted by atomic mass is 9.96. The highest BCUT2D eigenvalue weighted by Gasteiger charge is 2.49. The highest BCUT2D eigenvalue weighted by molar-refractivity contribution is 7.88. The van der Waals surface area contributed by atoms with E-state index in [-0.39, 0.29) is 0 Å². The zero-order valence-electron chi connectivity index (χ0n) is 15.1. The van der Waals surface area contributed by atoms with Crippen molar-refractivity contribution in [3.05, 3.63) is 63.4 Å². The summed E-state index contributed by atoms with van der Waals surface area (Å²) >= 11 is 5.57. The van der Waals surface area contributed by atoms with E-state index >= 15 is 0 Å². The summed E-state index contributed by atoms with van der Waals surface area (Å²) in [6.07, 6.45) is -5.71. The third kappa shape index (κ3) is 5.58. The summed E-state index contributed by atoms with van der Waals surface area (Å²) in [6, 6.07) is 2.89. The average Bonchev–Trinajstić information content (AvgIpc) is 2.62. The number of alkyl halides is 6. The maximum atomic E-state index is 13.5. The van der Waals surface area contributed by atoms with Gasteiger partial charge in [-0.05, 0) is 23.8 Å². The molecule has 0 aliphatic rings. The van der Waals surface area contributed by atoms with Crippen molar-refractivity contribution in [2.45, 2.75) is 18.1 Å². The van der Waals surface area contributed by atoms with Crippen molar-refractivity contribution in [2.75, 3.05) is 7.11 Å². The molecule has 0 aliphatic carbocycles. The Morgan fingerprint density at radius 1 is 1.03 bits per heavy atom. The molecule has 31 heavy (non-hydrogen) atoms. The van der Waals surface area contributed by atoms with Gasteiger partial charge in [-0.2, -0.15) is 34.8 Å². The highest BCUT2D eigenvalue weighted by atomic mass is 35.5. The maximum absolute atomic E-state index is 13.5. The van der Waals surface area contributed by atoms with Crippen LogP contribution in [0, 0.1) is 5.82 Å². The summed E-state index contributed by atoms with van der Waals surface area (Å²) in [4.78, 5) is 11.9. The van der Waals surface area contributed by atoms with Crippen LogP contribution in [-0.2, 0) is 27.5 Å². The van der Waals surface area contributed by atoms with Gasteiger partial charge in [0.1, 0.15) is 11.6 Å². The molecule has 2 aromatic carbocycles. The molecule has 2 aromatic rings. The van der Waals surface area contributed by atoms with Crippen molar-refractivity contribution in [1.82, 2.24) is 0 Å². The molecule has 0 bridgehead atoms. The molecule has 0 radical (unpaired) electrons. The van der Waals surface area contributed by atoms with E-state index in [1.807, 2.05) is 0 Å². The molecule has 0 atom stereocenters. The Morgan fingerprint density at radius 3 is 2.16 bits per heavy atom. The second-order valence-corrected chi connectivity index (χ2v) is 7.84. The van der Waals surface area contributed by atoms with E-state index in [9.17, 15) is 43.9 Å². The standard InChI is InChI=1S/C17H10ClF7O5S/c1-29-15(26)11-7-13(18)12(16(20,21)22)5-9(11)4-8-2-3-10(19)6-14(8)30-31(27,28)17(23,24)25/h2-3,5-7H,4H2,1H3.